The second kappa shape index (κ2) is 3.72. The van der Waals surface area contributed by atoms with E-state index in [2.05, 4.69) is 11.6 Å². The lowest BCUT2D eigenvalue weighted by atomic mass is 10.2. The predicted molar refractivity (Wildman–Crippen MR) is 52.8 cm³/mol. The van der Waals surface area contributed by atoms with Gasteiger partial charge in [0.2, 0.25) is 0 Å². The van der Waals surface area contributed by atoms with Gasteiger partial charge in [0.15, 0.2) is 0 Å². The van der Waals surface area contributed by atoms with Gasteiger partial charge in [0, 0.05) is 0 Å². The molecule has 0 bridgehead atoms. The zero-order valence-corrected chi connectivity index (χ0v) is 7.12. The van der Waals surface area contributed by atoms with Crippen molar-refractivity contribution in [2.75, 3.05) is 0 Å². The normalized spacial score (nSPS) is 11.2. The number of amidine groups is 1. The second-order valence-electron chi connectivity index (χ2n) is 2.57. The number of rotatable bonds is 2. The third-order valence-electron chi connectivity index (χ3n) is 1.42. The first-order valence-corrected chi connectivity index (χ1v) is 3.75. The molecule has 2 nitrogen and oxygen atoms in total. The lowest BCUT2D eigenvalue weighted by Gasteiger charge is -1.98. The van der Waals surface area contributed by atoms with E-state index in [1.807, 2.05) is 30.3 Å². The molecule has 0 aliphatic rings. The van der Waals surface area contributed by atoms with Gasteiger partial charge in [0.05, 0.1) is 11.5 Å². The van der Waals surface area contributed by atoms with Gasteiger partial charge in [-0.15, -0.1) is 0 Å². The Balaban J connectivity index is 2.87. The average Bonchev–Trinajstić information content (AvgIpc) is 2.05. The number of hydrogen-bond donors (Lipinski definition) is 1. The van der Waals surface area contributed by atoms with Crippen LogP contribution in [0.5, 0.6) is 0 Å². The molecule has 1 rings (SSSR count). The van der Waals surface area contributed by atoms with Crippen LogP contribution in [0.25, 0.3) is 5.70 Å². The Labute approximate surface area is 72.4 Å². The summed E-state index contributed by atoms with van der Waals surface area (Å²) in [7, 11) is 0. The Kier molecular flexibility index (Phi) is 2.64. The fourth-order valence-corrected chi connectivity index (χ4v) is 0.908. The second-order valence-corrected chi connectivity index (χ2v) is 2.57. The van der Waals surface area contributed by atoms with Crippen LogP contribution in [0.15, 0.2) is 41.9 Å². The van der Waals surface area contributed by atoms with E-state index in [-0.39, 0.29) is 0 Å². The van der Waals surface area contributed by atoms with Crippen molar-refractivity contribution in [3.05, 3.63) is 42.5 Å². The van der Waals surface area contributed by atoms with E-state index in [0.29, 0.717) is 11.5 Å². The average molecular weight is 160 g/mol. The highest BCUT2D eigenvalue weighted by Crippen LogP contribution is 2.11. The fraction of sp³-hybridized carbons (Fsp3) is 0.100. The minimum Gasteiger partial charge on any atom is -0.387 e. The first-order valence-electron chi connectivity index (χ1n) is 3.75. The van der Waals surface area contributed by atoms with Crippen LogP contribution in [0.4, 0.5) is 0 Å². The zero-order valence-electron chi connectivity index (χ0n) is 7.12. The van der Waals surface area contributed by atoms with Gasteiger partial charge in [-0.05, 0) is 12.5 Å². The molecule has 0 heterocycles. The van der Waals surface area contributed by atoms with Crippen molar-refractivity contribution in [1.82, 2.24) is 0 Å². The van der Waals surface area contributed by atoms with E-state index >= 15 is 0 Å². The summed E-state index contributed by atoms with van der Waals surface area (Å²) in [5, 5.41) is 0. The highest BCUT2D eigenvalue weighted by Gasteiger charge is 1.93. The summed E-state index contributed by atoms with van der Waals surface area (Å²) in [5.74, 6) is 0.531. The molecule has 0 atom stereocenters. The van der Waals surface area contributed by atoms with Crippen LogP contribution in [0.2, 0.25) is 0 Å². The molecule has 1 aromatic carbocycles. The standard InChI is InChI=1S/C10H12N2/c1-8(12-9(2)11)10-6-4-3-5-7-10/h3-7H,1H2,2H3,(H2,11,12). The Hall–Kier alpha value is -1.57. The summed E-state index contributed by atoms with van der Waals surface area (Å²) in [6.45, 7) is 5.54. The van der Waals surface area contributed by atoms with Gasteiger partial charge in [-0.1, -0.05) is 36.9 Å². The van der Waals surface area contributed by atoms with Gasteiger partial charge < -0.3 is 5.73 Å². The summed E-state index contributed by atoms with van der Waals surface area (Å²) in [4.78, 5) is 4.05. The first kappa shape index (κ1) is 8.53. The van der Waals surface area contributed by atoms with Gasteiger partial charge in [0.25, 0.3) is 0 Å². The van der Waals surface area contributed by atoms with Crippen molar-refractivity contribution >= 4 is 11.5 Å². The molecule has 1 aromatic rings. The maximum atomic E-state index is 5.42. The topological polar surface area (TPSA) is 38.4 Å². The molecule has 2 N–H and O–H groups in total. The molecule has 0 aliphatic carbocycles. The Morgan fingerprint density at radius 1 is 1.33 bits per heavy atom. The van der Waals surface area contributed by atoms with Gasteiger partial charge in [-0.25, -0.2) is 4.99 Å². The SMILES string of the molecule is C=C(N=C(C)N)c1ccccc1. The molecule has 62 valence electrons. The highest BCUT2D eigenvalue weighted by atomic mass is 14.8. The van der Waals surface area contributed by atoms with Crippen molar-refractivity contribution in [2.24, 2.45) is 10.7 Å². The van der Waals surface area contributed by atoms with Crippen LogP contribution in [-0.2, 0) is 0 Å². The van der Waals surface area contributed by atoms with Crippen LogP contribution in [0.3, 0.4) is 0 Å². The van der Waals surface area contributed by atoms with Crippen molar-refractivity contribution < 1.29 is 0 Å². The Bertz CT molecular complexity index is 295. The number of hydrogen-bond acceptors (Lipinski definition) is 1. The molecule has 0 amide bonds. The number of aliphatic imine (C=N–C) groups is 1. The van der Waals surface area contributed by atoms with Crippen LogP contribution >= 0.6 is 0 Å². The van der Waals surface area contributed by atoms with Crippen molar-refractivity contribution in [2.45, 2.75) is 6.92 Å². The summed E-state index contributed by atoms with van der Waals surface area (Å²) in [6.07, 6.45) is 0. The van der Waals surface area contributed by atoms with Crippen molar-refractivity contribution in [1.29, 1.82) is 0 Å². The Morgan fingerprint density at radius 3 is 2.42 bits per heavy atom. The third-order valence-corrected chi connectivity index (χ3v) is 1.42. The molecular weight excluding hydrogens is 148 g/mol. The highest BCUT2D eigenvalue weighted by molar-refractivity contribution is 5.84. The Morgan fingerprint density at radius 2 is 1.92 bits per heavy atom. The van der Waals surface area contributed by atoms with E-state index in [9.17, 15) is 0 Å². The van der Waals surface area contributed by atoms with Gasteiger partial charge in [-0.3, -0.25) is 0 Å². The molecule has 12 heavy (non-hydrogen) atoms. The predicted octanol–water partition coefficient (Wildman–Crippen LogP) is 2.03. The minimum absolute atomic E-state index is 0.531. The molecule has 0 aromatic heterocycles. The molecular formula is C10H12N2. The molecule has 0 radical (unpaired) electrons. The van der Waals surface area contributed by atoms with Crippen molar-refractivity contribution in [3.63, 3.8) is 0 Å². The van der Waals surface area contributed by atoms with E-state index < -0.39 is 0 Å². The fourth-order valence-electron chi connectivity index (χ4n) is 0.908. The summed E-state index contributed by atoms with van der Waals surface area (Å²) in [6, 6.07) is 9.75. The van der Waals surface area contributed by atoms with E-state index in [4.69, 9.17) is 5.73 Å². The van der Waals surface area contributed by atoms with Gasteiger partial charge in [-0.2, -0.15) is 0 Å². The molecule has 2 heteroatoms. The molecule has 0 unspecified atom stereocenters. The van der Waals surface area contributed by atoms with Crippen LogP contribution in [0.1, 0.15) is 12.5 Å². The zero-order chi connectivity index (χ0) is 8.97. The number of benzene rings is 1. The number of nitrogens with two attached hydrogens (primary N) is 1. The summed E-state index contributed by atoms with van der Waals surface area (Å²) >= 11 is 0. The first-order chi connectivity index (χ1) is 5.70. The summed E-state index contributed by atoms with van der Waals surface area (Å²) < 4.78 is 0. The lowest BCUT2D eigenvalue weighted by molar-refractivity contribution is 1.46. The quantitative estimate of drug-likeness (QED) is 0.521. The monoisotopic (exact) mass is 160 g/mol. The largest absolute Gasteiger partial charge is 0.387 e. The van der Waals surface area contributed by atoms with E-state index in [1.54, 1.807) is 6.92 Å². The van der Waals surface area contributed by atoms with E-state index in [0.717, 1.165) is 5.56 Å². The van der Waals surface area contributed by atoms with E-state index in [1.165, 1.54) is 0 Å². The molecule has 0 spiro atoms. The molecule has 0 fully saturated rings. The molecule has 0 aliphatic heterocycles. The maximum absolute atomic E-state index is 5.42. The third kappa shape index (κ3) is 2.23. The van der Waals surface area contributed by atoms with Crippen LogP contribution < -0.4 is 5.73 Å². The minimum atomic E-state index is 0.531. The smallest absolute Gasteiger partial charge is 0.0964 e. The maximum Gasteiger partial charge on any atom is 0.0964 e. The molecule has 0 saturated heterocycles. The molecule has 0 saturated carbocycles. The number of nitrogens with zero attached hydrogens (tertiary/aromatic N) is 1. The van der Waals surface area contributed by atoms with Crippen LogP contribution in [0, 0.1) is 0 Å². The van der Waals surface area contributed by atoms with Crippen LogP contribution in [-0.4, -0.2) is 5.84 Å². The summed E-state index contributed by atoms with van der Waals surface area (Å²) in [5.41, 5.74) is 7.13. The van der Waals surface area contributed by atoms with Gasteiger partial charge in [0.1, 0.15) is 0 Å². The lowest BCUT2D eigenvalue weighted by Crippen LogP contribution is -2.04. The van der Waals surface area contributed by atoms with Gasteiger partial charge >= 0.3 is 0 Å². The van der Waals surface area contributed by atoms with Crippen molar-refractivity contribution in [3.8, 4) is 0 Å².